The molecule has 0 aliphatic carbocycles. The van der Waals surface area contributed by atoms with Crippen LogP contribution in [0, 0.1) is 11.6 Å². The van der Waals surface area contributed by atoms with Gasteiger partial charge < -0.3 is 10.3 Å². The predicted octanol–water partition coefficient (Wildman–Crippen LogP) is 5.02. The summed E-state index contributed by atoms with van der Waals surface area (Å²) in [7, 11) is -3.87. The van der Waals surface area contributed by atoms with E-state index >= 15 is 4.39 Å². The maximum atomic E-state index is 15.2. The van der Waals surface area contributed by atoms with Crippen molar-refractivity contribution in [3.63, 3.8) is 0 Å². The van der Waals surface area contributed by atoms with E-state index in [4.69, 9.17) is 11.6 Å². The van der Waals surface area contributed by atoms with Crippen LogP contribution in [0.1, 0.15) is 29.3 Å². The monoisotopic (exact) mass is 505 g/mol. The Kier molecular flexibility index (Phi) is 6.49. The summed E-state index contributed by atoms with van der Waals surface area (Å²) in [6.07, 6.45) is 2.81. The molecule has 0 spiro atoms. The lowest BCUT2D eigenvalue weighted by atomic mass is 10.0. The van der Waals surface area contributed by atoms with Crippen molar-refractivity contribution in [3.05, 3.63) is 76.7 Å². The molecule has 34 heavy (non-hydrogen) atoms. The molecule has 2 aromatic carbocycles. The maximum absolute atomic E-state index is 15.2. The van der Waals surface area contributed by atoms with Crippen LogP contribution in [0.25, 0.3) is 11.0 Å². The van der Waals surface area contributed by atoms with Crippen LogP contribution in [0.3, 0.4) is 0 Å². The lowest BCUT2D eigenvalue weighted by Crippen LogP contribution is -2.18. The lowest BCUT2D eigenvalue weighted by Gasteiger charge is -2.12. The molecule has 0 aliphatic heterocycles. The smallest absolute Gasteiger partial charge is 0.232 e. The molecule has 0 radical (unpaired) electrons. The molecule has 0 atom stereocenters. The average Bonchev–Trinajstić information content (AvgIpc) is 3.21. The molecular formula is C22H18ClF2N5O3S. The molecular weight excluding hydrogens is 488 g/mol. The Bertz CT molecular complexity index is 1510. The summed E-state index contributed by atoms with van der Waals surface area (Å²) < 4.78 is 56.0. The van der Waals surface area contributed by atoms with Crippen LogP contribution in [0.5, 0.6) is 0 Å². The maximum Gasteiger partial charge on any atom is 0.232 e. The molecule has 0 aliphatic rings. The fraction of sp³-hybridized carbons (Fsp3) is 0.136. The number of hydrogen-bond donors (Lipinski definition) is 3. The molecule has 4 aromatic rings. The third-order valence-corrected chi connectivity index (χ3v) is 6.57. The predicted molar refractivity (Wildman–Crippen MR) is 126 cm³/mol. The quantitative estimate of drug-likeness (QED) is 0.290. The van der Waals surface area contributed by atoms with E-state index in [-0.39, 0.29) is 28.2 Å². The van der Waals surface area contributed by atoms with Crippen LogP contribution < -0.4 is 10.0 Å². The molecule has 12 heteroatoms. The first-order valence-corrected chi connectivity index (χ1v) is 12.1. The number of H-pyrrole nitrogens is 1. The van der Waals surface area contributed by atoms with E-state index in [1.54, 1.807) is 31.2 Å². The van der Waals surface area contributed by atoms with E-state index < -0.39 is 38.7 Å². The molecule has 0 amide bonds. The molecule has 0 saturated heterocycles. The molecule has 0 bridgehead atoms. The van der Waals surface area contributed by atoms with Crippen molar-refractivity contribution in [1.29, 1.82) is 0 Å². The zero-order valence-corrected chi connectivity index (χ0v) is 19.3. The van der Waals surface area contributed by atoms with Crippen LogP contribution in [0.4, 0.5) is 26.0 Å². The van der Waals surface area contributed by atoms with E-state index in [9.17, 15) is 17.6 Å². The zero-order valence-electron chi connectivity index (χ0n) is 17.7. The standard InChI is InChI=1S/C22H18ClF2N5O3S/c1-2-8-34(32,33)30-16-7-6-15(24)18(19(16)25)20(31)14-10-26-21-17(14)22(28-11-27-21)29-13-5-3-4-12(23)9-13/h3-7,9-11,30H,2,8H2,1H3,(H2,26,27,28,29). The van der Waals surface area contributed by atoms with E-state index in [1.807, 2.05) is 0 Å². The Balaban J connectivity index is 1.79. The first kappa shape index (κ1) is 23.6. The van der Waals surface area contributed by atoms with Gasteiger partial charge >= 0.3 is 0 Å². The first-order chi connectivity index (χ1) is 16.2. The minimum Gasteiger partial charge on any atom is -0.345 e. The summed E-state index contributed by atoms with van der Waals surface area (Å²) in [5.74, 6) is -3.53. The van der Waals surface area contributed by atoms with E-state index in [2.05, 4.69) is 25.0 Å². The minimum absolute atomic E-state index is 0.105. The van der Waals surface area contributed by atoms with Gasteiger partial charge in [0.15, 0.2) is 5.82 Å². The summed E-state index contributed by atoms with van der Waals surface area (Å²) in [5.41, 5.74) is -0.714. The van der Waals surface area contributed by atoms with Gasteiger partial charge in [0.2, 0.25) is 15.8 Å². The van der Waals surface area contributed by atoms with Crippen molar-refractivity contribution in [2.24, 2.45) is 0 Å². The van der Waals surface area contributed by atoms with Crippen molar-refractivity contribution in [3.8, 4) is 0 Å². The number of rotatable bonds is 8. The van der Waals surface area contributed by atoms with Gasteiger partial charge in [-0.3, -0.25) is 9.52 Å². The molecule has 4 rings (SSSR count). The number of fused-ring (bicyclic) bond motifs is 1. The van der Waals surface area contributed by atoms with Gasteiger partial charge in [0, 0.05) is 16.9 Å². The summed E-state index contributed by atoms with van der Waals surface area (Å²) in [6, 6.07) is 8.51. The highest BCUT2D eigenvalue weighted by Crippen LogP contribution is 2.31. The van der Waals surface area contributed by atoms with Gasteiger partial charge in [0.25, 0.3) is 0 Å². The number of nitrogens with zero attached hydrogens (tertiary/aromatic N) is 2. The Morgan fingerprint density at radius 1 is 1.18 bits per heavy atom. The SMILES string of the molecule is CCCS(=O)(=O)Nc1ccc(F)c(C(=O)c2c[nH]c3ncnc(Nc4cccc(Cl)c4)c23)c1F. The summed E-state index contributed by atoms with van der Waals surface area (Å²) >= 11 is 6.02. The third kappa shape index (κ3) is 4.70. The number of aromatic amines is 1. The van der Waals surface area contributed by atoms with Crippen LogP contribution in [-0.2, 0) is 10.0 Å². The fourth-order valence-corrected chi connectivity index (χ4v) is 4.72. The highest BCUT2D eigenvalue weighted by molar-refractivity contribution is 7.92. The van der Waals surface area contributed by atoms with E-state index in [0.29, 0.717) is 17.1 Å². The number of sulfonamides is 1. The first-order valence-electron chi connectivity index (χ1n) is 10.1. The number of carbonyl (C=O) groups is 1. The van der Waals surface area contributed by atoms with Gasteiger partial charge in [-0.25, -0.2) is 27.2 Å². The largest absolute Gasteiger partial charge is 0.345 e. The molecule has 2 heterocycles. The average molecular weight is 506 g/mol. The van der Waals surface area contributed by atoms with Gasteiger partial charge in [-0.2, -0.15) is 0 Å². The molecule has 0 unspecified atom stereocenters. The fourth-order valence-electron chi connectivity index (χ4n) is 3.40. The topological polar surface area (TPSA) is 117 Å². The van der Waals surface area contributed by atoms with Crippen LogP contribution in [-0.4, -0.2) is 34.9 Å². The second-order valence-corrected chi connectivity index (χ2v) is 9.60. The van der Waals surface area contributed by atoms with E-state index in [1.165, 1.54) is 12.5 Å². The highest BCUT2D eigenvalue weighted by atomic mass is 35.5. The number of hydrogen-bond acceptors (Lipinski definition) is 6. The Labute approximate surface area is 198 Å². The normalized spacial score (nSPS) is 11.5. The number of carbonyl (C=O) groups excluding carboxylic acids is 1. The van der Waals surface area contributed by atoms with Crippen molar-refractivity contribution in [2.75, 3.05) is 15.8 Å². The number of anilines is 3. The molecule has 176 valence electrons. The highest BCUT2D eigenvalue weighted by Gasteiger charge is 2.27. The van der Waals surface area contributed by atoms with Gasteiger partial charge in [-0.1, -0.05) is 24.6 Å². The van der Waals surface area contributed by atoms with Crippen molar-refractivity contribution >= 4 is 55.6 Å². The Morgan fingerprint density at radius 3 is 2.71 bits per heavy atom. The van der Waals surface area contributed by atoms with Gasteiger partial charge in [0.1, 0.15) is 23.6 Å². The van der Waals surface area contributed by atoms with Crippen LogP contribution in [0.15, 0.2) is 48.9 Å². The molecule has 2 aromatic heterocycles. The lowest BCUT2D eigenvalue weighted by molar-refractivity contribution is 0.103. The van der Waals surface area contributed by atoms with Crippen molar-refractivity contribution in [1.82, 2.24) is 15.0 Å². The second kappa shape index (κ2) is 9.35. The molecule has 3 N–H and O–H groups in total. The van der Waals surface area contributed by atoms with E-state index in [0.717, 1.165) is 12.1 Å². The zero-order chi connectivity index (χ0) is 24.5. The molecule has 0 saturated carbocycles. The number of aromatic nitrogens is 3. The second-order valence-electron chi connectivity index (χ2n) is 7.32. The van der Waals surface area contributed by atoms with Crippen LogP contribution >= 0.6 is 11.6 Å². The van der Waals surface area contributed by atoms with Crippen LogP contribution in [0.2, 0.25) is 5.02 Å². The molecule has 8 nitrogen and oxygen atoms in total. The number of nitrogens with one attached hydrogen (secondary N) is 3. The van der Waals surface area contributed by atoms with Gasteiger partial charge in [-0.15, -0.1) is 0 Å². The van der Waals surface area contributed by atoms with Gasteiger partial charge in [0.05, 0.1) is 28.0 Å². The molecule has 0 fully saturated rings. The minimum atomic E-state index is -3.87. The number of ketones is 1. The number of benzene rings is 2. The Hall–Kier alpha value is -3.57. The Morgan fingerprint density at radius 2 is 1.97 bits per heavy atom. The van der Waals surface area contributed by atoms with Gasteiger partial charge in [-0.05, 0) is 36.8 Å². The summed E-state index contributed by atoms with van der Waals surface area (Å²) in [5, 5.41) is 3.68. The van der Waals surface area contributed by atoms with Crippen molar-refractivity contribution < 1.29 is 22.0 Å². The number of halogens is 3. The summed E-state index contributed by atoms with van der Waals surface area (Å²) in [6.45, 7) is 1.64. The summed E-state index contributed by atoms with van der Waals surface area (Å²) in [4.78, 5) is 24.3. The van der Waals surface area contributed by atoms with Crippen molar-refractivity contribution in [2.45, 2.75) is 13.3 Å². The third-order valence-electron chi connectivity index (χ3n) is 4.86.